The molecule has 0 radical (unpaired) electrons. The Morgan fingerprint density at radius 3 is 2.23 bits per heavy atom. The van der Waals surface area contributed by atoms with Crippen LogP contribution in [0.15, 0.2) is 42.5 Å². The van der Waals surface area contributed by atoms with Crippen molar-refractivity contribution < 1.29 is 28.2 Å². The van der Waals surface area contributed by atoms with Gasteiger partial charge in [-0.05, 0) is 66.3 Å². The van der Waals surface area contributed by atoms with Crippen LogP contribution in [-0.4, -0.2) is 48.4 Å². The van der Waals surface area contributed by atoms with Crippen molar-refractivity contribution in [1.29, 1.82) is 0 Å². The van der Waals surface area contributed by atoms with Gasteiger partial charge in [-0.15, -0.1) is 0 Å². The first-order valence-corrected chi connectivity index (χ1v) is 15.5. The number of hydrogen-bond donors (Lipinski definition) is 4. The molecule has 1 aliphatic rings. The van der Waals surface area contributed by atoms with Crippen molar-refractivity contribution in [2.75, 3.05) is 13.2 Å². The van der Waals surface area contributed by atoms with Gasteiger partial charge in [0, 0.05) is 18.2 Å². The topological polar surface area (TPSA) is 99.7 Å². The standard InChI is InChI=1S/C34H49F2N3O4/c1-7-43-31(41)30(22(2)3)39-32(42)38-28(18-23-16-26(35)20-27(36)17-23)29(40)21-37-34(14-9-8-10-15-34)25-13-11-12-24(19-25)33(4,5)6/h11-13,16-17,19-20,22,28-30,37,40H,7-10,14-15,18,21H2,1-6H3,(H2,38,39,42). The number of hydrogen-bond acceptors (Lipinski definition) is 5. The molecule has 3 rings (SSSR count). The van der Waals surface area contributed by atoms with Crippen molar-refractivity contribution in [3.8, 4) is 0 Å². The van der Waals surface area contributed by atoms with E-state index in [9.17, 15) is 23.5 Å². The second-order valence-corrected chi connectivity index (χ2v) is 13.1. The fourth-order valence-electron chi connectivity index (χ4n) is 5.80. The largest absolute Gasteiger partial charge is 0.464 e. The number of aliphatic hydroxyl groups excluding tert-OH is 1. The van der Waals surface area contributed by atoms with Gasteiger partial charge >= 0.3 is 12.0 Å². The fraction of sp³-hybridized carbons (Fsp3) is 0.588. The van der Waals surface area contributed by atoms with Gasteiger partial charge in [-0.2, -0.15) is 0 Å². The third-order valence-corrected chi connectivity index (χ3v) is 8.29. The monoisotopic (exact) mass is 601 g/mol. The highest BCUT2D eigenvalue weighted by atomic mass is 19.1. The maximum Gasteiger partial charge on any atom is 0.328 e. The first-order valence-electron chi connectivity index (χ1n) is 15.5. The van der Waals surface area contributed by atoms with Crippen LogP contribution in [0, 0.1) is 17.6 Å². The van der Waals surface area contributed by atoms with E-state index < -0.39 is 41.8 Å². The van der Waals surface area contributed by atoms with Crippen LogP contribution in [-0.2, 0) is 26.9 Å². The molecule has 2 amide bonds. The molecule has 0 spiro atoms. The minimum absolute atomic E-state index is 0.0224. The summed E-state index contributed by atoms with van der Waals surface area (Å²) in [6.45, 7) is 12.1. The van der Waals surface area contributed by atoms with Gasteiger partial charge in [0.25, 0.3) is 0 Å². The summed E-state index contributed by atoms with van der Waals surface area (Å²) in [6.07, 6.45) is 3.88. The van der Waals surface area contributed by atoms with Gasteiger partial charge in [-0.25, -0.2) is 18.4 Å². The SMILES string of the molecule is CCOC(=O)C(NC(=O)NC(Cc1cc(F)cc(F)c1)C(O)CNC1(c2cccc(C(C)(C)C)c2)CCCCC1)C(C)C. The molecule has 2 aromatic rings. The average molecular weight is 602 g/mol. The number of benzene rings is 2. The molecule has 0 aliphatic heterocycles. The maximum atomic E-state index is 14.0. The number of ether oxygens (including phenoxy) is 1. The predicted octanol–water partition coefficient (Wildman–Crippen LogP) is 5.87. The zero-order valence-corrected chi connectivity index (χ0v) is 26.4. The number of amides is 2. The van der Waals surface area contributed by atoms with Gasteiger partial charge in [0.2, 0.25) is 0 Å². The lowest BCUT2D eigenvalue weighted by Gasteiger charge is -2.41. The highest BCUT2D eigenvalue weighted by Crippen LogP contribution is 2.38. The van der Waals surface area contributed by atoms with Gasteiger partial charge in [0.1, 0.15) is 17.7 Å². The Kier molecular flexibility index (Phi) is 12.1. The molecular formula is C34H49F2N3O4. The highest BCUT2D eigenvalue weighted by molar-refractivity contribution is 5.84. The average Bonchev–Trinajstić information content (AvgIpc) is 2.94. The fourth-order valence-corrected chi connectivity index (χ4v) is 5.80. The summed E-state index contributed by atoms with van der Waals surface area (Å²) in [5.41, 5.74) is 2.30. The molecule has 2 aromatic carbocycles. The van der Waals surface area contributed by atoms with E-state index in [0.29, 0.717) is 0 Å². The van der Waals surface area contributed by atoms with Crippen molar-refractivity contribution >= 4 is 12.0 Å². The molecule has 238 valence electrons. The van der Waals surface area contributed by atoms with Crippen molar-refractivity contribution in [3.05, 3.63) is 70.8 Å². The number of urea groups is 1. The smallest absolute Gasteiger partial charge is 0.328 e. The van der Waals surface area contributed by atoms with E-state index in [1.54, 1.807) is 20.8 Å². The lowest BCUT2D eigenvalue weighted by Crippen LogP contribution is -2.57. The summed E-state index contributed by atoms with van der Waals surface area (Å²) in [5, 5.41) is 20.5. The van der Waals surface area contributed by atoms with E-state index in [2.05, 4.69) is 61.0 Å². The van der Waals surface area contributed by atoms with E-state index >= 15 is 0 Å². The molecule has 0 bridgehead atoms. The molecule has 0 heterocycles. The van der Waals surface area contributed by atoms with Gasteiger partial charge in [0.05, 0.1) is 18.8 Å². The summed E-state index contributed by atoms with van der Waals surface area (Å²) in [7, 11) is 0. The summed E-state index contributed by atoms with van der Waals surface area (Å²) < 4.78 is 33.2. The summed E-state index contributed by atoms with van der Waals surface area (Å²) in [4.78, 5) is 25.5. The number of carbonyl (C=O) groups is 2. The predicted molar refractivity (Wildman–Crippen MR) is 165 cm³/mol. The van der Waals surface area contributed by atoms with Crippen molar-refractivity contribution in [3.63, 3.8) is 0 Å². The normalized spacial score (nSPS) is 17.2. The second kappa shape index (κ2) is 15.1. The Morgan fingerprint density at radius 2 is 1.65 bits per heavy atom. The first kappa shape index (κ1) is 34.5. The molecule has 0 saturated heterocycles. The van der Waals surface area contributed by atoms with E-state index in [4.69, 9.17) is 4.74 Å². The molecule has 0 aromatic heterocycles. The number of esters is 1. The van der Waals surface area contributed by atoms with Gasteiger partial charge in [-0.3, -0.25) is 0 Å². The van der Waals surface area contributed by atoms with Crippen LogP contribution >= 0.6 is 0 Å². The molecule has 3 unspecified atom stereocenters. The molecule has 1 saturated carbocycles. The van der Waals surface area contributed by atoms with Crippen molar-refractivity contribution in [2.45, 2.75) is 109 Å². The quantitative estimate of drug-likeness (QED) is 0.228. The number of aliphatic hydroxyl groups is 1. The summed E-state index contributed by atoms with van der Waals surface area (Å²) in [5.74, 6) is -2.29. The summed E-state index contributed by atoms with van der Waals surface area (Å²) in [6, 6.07) is 9.23. The minimum Gasteiger partial charge on any atom is -0.464 e. The second-order valence-electron chi connectivity index (χ2n) is 13.1. The Morgan fingerprint density at radius 1 is 1.00 bits per heavy atom. The van der Waals surface area contributed by atoms with E-state index in [-0.39, 0.29) is 42.0 Å². The molecule has 4 N–H and O–H groups in total. The highest BCUT2D eigenvalue weighted by Gasteiger charge is 2.36. The third-order valence-electron chi connectivity index (χ3n) is 8.29. The molecule has 7 nitrogen and oxygen atoms in total. The molecule has 1 fully saturated rings. The number of nitrogens with one attached hydrogen (secondary N) is 3. The third kappa shape index (κ3) is 9.73. The van der Waals surface area contributed by atoms with Crippen molar-refractivity contribution in [2.24, 2.45) is 5.92 Å². The van der Waals surface area contributed by atoms with Crippen LogP contribution in [0.1, 0.15) is 90.3 Å². The molecule has 3 atom stereocenters. The maximum absolute atomic E-state index is 14.0. The molecular weight excluding hydrogens is 552 g/mol. The minimum atomic E-state index is -1.11. The van der Waals surface area contributed by atoms with Gasteiger partial charge < -0.3 is 25.8 Å². The van der Waals surface area contributed by atoms with Gasteiger partial charge in [-0.1, -0.05) is 78.1 Å². The zero-order valence-electron chi connectivity index (χ0n) is 26.4. The Hall–Kier alpha value is -3.04. The van der Waals surface area contributed by atoms with Gasteiger partial charge in [0.15, 0.2) is 0 Å². The van der Waals surface area contributed by atoms with Crippen LogP contribution in [0.3, 0.4) is 0 Å². The van der Waals surface area contributed by atoms with Crippen LogP contribution in [0.25, 0.3) is 0 Å². The first-order chi connectivity index (χ1) is 20.2. The summed E-state index contributed by atoms with van der Waals surface area (Å²) >= 11 is 0. The molecule has 9 heteroatoms. The van der Waals surface area contributed by atoms with E-state index in [0.717, 1.165) is 43.7 Å². The van der Waals surface area contributed by atoms with E-state index in [1.807, 2.05) is 0 Å². The Labute approximate surface area is 255 Å². The van der Waals surface area contributed by atoms with Crippen molar-refractivity contribution in [1.82, 2.24) is 16.0 Å². The number of carbonyl (C=O) groups excluding carboxylic acids is 2. The van der Waals surface area contributed by atoms with Crippen LogP contribution in [0.4, 0.5) is 13.6 Å². The van der Waals surface area contributed by atoms with Crippen LogP contribution < -0.4 is 16.0 Å². The van der Waals surface area contributed by atoms with Crippen LogP contribution in [0.2, 0.25) is 0 Å². The molecule has 1 aliphatic carbocycles. The zero-order chi connectivity index (χ0) is 31.8. The number of halogens is 2. The Bertz CT molecular complexity index is 1200. The van der Waals surface area contributed by atoms with Crippen LogP contribution in [0.5, 0.6) is 0 Å². The lowest BCUT2D eigenvalue weighted by atomic mass is 9.74. The molecule has 43 heavy (non-hydrogen) atoms. The lowest BCUT2D eigenvalue weighted by molar-refractivity contribution is -0.146. The van der Waals surface area contributed by atoms with E-state index in [1.165, 1.54) is 17.7 Å². The Balaban J connectivity index is 1.85. The number of rotatable bonds is 12.